The number of aliphatic carboxylic acids is 1. The fourth-order valence-electron chi connectivity index (χ4n) is 4.69. The van der Waals surface area contributed by atoms with Crippen LogP contribution in [-0.2, 0) is 25.3 Å². The summed E-state index contributed by atoms with van der Waals surface area (Å²) in [6.45, 7) is 2.38. The molecule has 2 aliphatic heterocycles. The number of nitrogens with one attached hydrogen (secondary N) is 1. The molecule has 3 aromatic rings. The van der Waals surface area contributed by atoms with Crippen molar-refractivity contribution in [1.29, 1.82) is 0 Å². The second kappa shape index (κ2) is 13.3. The molecule has 1 amide bonds. The van der Waals surface area contributed by atoms with Crippen LogP contribution in [0.5, 0.6) is 0 Å². The van der Waals surface area contributed by atoms with Gasteiger partial charge in [-0.15, -0.1) is 0 Å². The van der Waals surface area contributed by atoms with Crippen LogP contribution in [0.15, 0.2) is 73.1 Å². The number of pyridine rings is 1. The Morgan fingerprint density at radius 1 is 0.957 bits per heavy atom. The number of aryl methyl sites for hydroxylation is 1. The number of carboxylic acid groups (broad SMARTS) is 1. The van der Waals surface area contributed by atoms with Crippen molar-refractivity contribution in [2.24, 2.45) is 0 Å². The normalized spacial score (nSPS) is 12.8. The third-order valence-corrected chi connectivity index (χ3v) is 7.07. The van der Waals surface area contributed by atoms with Gasteiger partial charge >= 0.3 is 18.1 Å². The number of imidazole rings is 1. The van der Waals surface area contributed by atoms with E-state index >= 15 is 0 Å². The van der Waals surface area contributed by atoms with E-state index in [1.165, 1.54) is 79.3 Å². The molecule has 0 saturated carbocycles. The van der Waals surface area contributed by atoms with Crippen molar-refractivity contribution in [2.45, 2.75) is 38.5 Å². The number of carbonyl (C=O) groups is 3. The van der Waals surface area contributed by atoms with Crippen molar-refractivity contribution in [3.8, 4) is 34.0 Å². The van der Waals surface area contributed by atoms with Gasteiger partial charge in [-0.3, -0.25) is 9.59 Å². The maximum absolute atomic E-state index is 14.4. The molecule has 0 spiro atoms. The van der Waals surface area contributed by atoms with Crippen LogP contribution in [0.4, 0.5) is 17.6 Å². The van der Waals surface area contributed by atoms with Gasteiger partial charge in [0.1, 0.15) is 24.2 Å². The summed E-state index contributed by atoms with van der Waals surface area (Å²) in [7, 11) is 0. The molecule has 2 atom stereocenters. The number of nitrogens with zero attached hydrogens (tertiary/aromatic N) is 5. The van der Waals surface area contributed by atoms with Crippen LogP contribution in [0.1, 0.15) is 36.2 Å². The SMILES string of the molecule is Cc1ccc(-c2ccc(C(C(=O)OCCC(=O)NC(C)C(=O)O)n3ccc4nc(-c5ccccc5F)nc-4c3)nn2)c(C(F)(F)F)c1. The Hall–Kier alpha value is -5.73. The van der Waals surface area contributed by atoms with Gasteiger partial charge in [0.15, 0.2) is 11.9 Å². The van der Waals surface area contributed by atoms with Gasteiger partial charge in [-0.1, -0.05) is 29.8 Å². The van der Waals surface area contributed by atoms with Crippen molar-refractivity contribution in [3.05, 3.63) is 95.7 Å². The number of benzene rings is 2. The summed E-state index contributed by atoms with van der Waals surface area (Å²) in [5, 5.41) is 19.3. The maximum atomic E-state index is 14.4. The number of fused-ring (bicyclic) bond motifs is 1. The highest BCUT2D eigenvalue weighted by atomic mass is 19.4. The Balaban J connectivity index is 1.48. The quantitative estimate of drug-likeness (QED) is 0.156. The molecule has 2 N–H and O–H groups in total. The van der Waals surface area contributed by atoms with Crippen LogP contribution >= 0.6 is 0 Å². The number of amides is 1. The molecule has 15 heteroatoms. The molecule has 47 heavy (non-hydrogen) atoms. The van der Waals surface area contributed by atoms with Gasteiger partial charge in [-0.05, 0) is 50.2 Å². The molecule has 2 unspecified atom stereocenters. The van der Waals surface area contributed by atoms with E-state index in [0.717, 1.165) is 6.07 Å². The number of halogens is 4. The first-order chi connectivity index (χ1) is 22.3. The minimum absolute atomic E-state index is 0.0124. The third kappa shape index (κ3) is 7.40. The number of aromatic nitrogens is 5. The number of hydrogen-bond donors (Lipinski definition) is 2. The van der Waals surface area contributed by atoms with Crippen molar-refractivity contribution >= 4 is 17.8 Å². The smallest absolute Gasteiger partial charge is 0.417 e. The molecular formula is C32H26F4N6O5. The third-order valence-electron chi connectivity index (χ3n) is 7.07. The number of carbonyl (C=O) groups excluding carboxylic acids is 2. The average Bonchev–Trinajstić information content (AvgIpc) is 3.44. The molecule has 0 fully saturated rings. The lowest BCUT2D eigenvalue weighted by Crippen LogP contribution is -2.38. The van der Waals surface area contributed by atoms with Gasteiger partial charge in [0.25, 0.3) is 0 Å². The van der Waals surface area contributed by atoms with Crippen LogP contribution in [0, 0.1) is 12.7 Å². The van der Waals surface area contributed by atoms with E-state index < -0.39 is 54.1 Å². The number of hydrogen-bond acceptors (Lipinski definition) is 8. The standard InChI is InChI=1S/C32H26F4N6O5/c1-17-7-8-19(21(15-17)32(34,35)36)23-9-10-25(41-40-23)28(31(46)47-14-12-27(43)37-18(2)30(44)45)42-13-11-24-26(16-42)39-29(38-24)20-5-3-4-6-22(20)33/h3-11,13,15-16,18,28H,12,14H2,1-2H3,(H,37,43)(H,44,45). The fourth-order valence-corrected chi connectivity index (χ4v) is 4.69. The number of alkyl halides is 3. The Morgan fingerprint density at radius 2 is 1.70 bits per heavy atom. The molecule has 5 rings (SSSR count). The highest BCUT2D eigenvalue weighted by Gasteiger charge is 2.34. The summed E-state index contributed by atoms with van der Waals surface area (Å²) in [5.74, 6) is -3.24. The Labute approximate surface area is 264 Å². The van der Waals surface area contributed by atoms with E-state index in [-0.39, 0.29) is 40.5 Å². The first-order valence-corrected chi connectivity index (χ1v) is 14.1. The number of ether oxygens (including phenoxy) is 1. The number of carboxylic acids is 1. The Morgan fingerprint density at radius 3 is 2.38 bits per heavy atom. The number of rotatable bonds is 10. The molecule has 1 aromatic heterocycles. The topological polar surface area (TPSA) is 149 Å². The Kier molecular flexibility index (Phi) is 9.26. The van der Waals surface area contributed by atoms with Gasteiger partial charge < -0.3 is 19.7 Å². The van der Waals surface area contributed by atoms with Crippen LogP contribution in [0.25, 0.3) is 34.0 Å². The van der Waals surface area contributed by atoms with Gasteiger partial charge in [0, 0.05) is 18.0 Å². The van der Waals surface area contributed by atoms with Crippen LogP contribution in [0.3, 0.4) is 0 Å². The number of esters is 1. The van der Waals surface area contributed by atoms with Crippen molar-refractivity contribution in [3.63, 3.8) is 0 Å². The molecule has 0 aliphatic carbocycles. The minimum atomic E-state index is -4.66. The maximum Gasteiger partial charge on any atom is 0.417 e. The Bertz CT molecular complexity index is 1910. The lowest BCUT2D eigenvalue weighted by molar-refractivity contribution is -0.148. The van der Waals surface area contributed by atoms with Gasteiger partial charge in [0.2, 0.25) is 5.91 Å². The molecule has 0 radical (unpaired) electrons. The second-order valence-corrected chi connectivity index (χ2v) is 10.5. The largest absolute Gasteiger partial charge is 0.480 e. The lowest BCUT2D eigenvalue weighted by Gasteiger charge is -2.20. The predicted molar refractivity (Wildman–Crippen MR) is 158 cm³/mol. The lowest BCUT2D eigenvalue weighted by atomic mass is 10.0. The van der Waals surface area contributed by atoms with E-state index in [2.05, 4.69) is 25.5 Å². The molecule has 242 valence electrons. The summed E-state index contributed by atoms with van der Waals surface area (Å²) in [6, 6.07) is 11.4. The highest BCUT2D eigenvalue weighted by molar-refractivity contribution is 5.83. The summed E-state index contributed by atoms with van der Waals surface area (Å²) in [6.07, 6.45) is -2.10. The second-order valence-electron chi connectivity index (χ2n) is 10.5. The van der Waals surface area contributed by atoms with E-state index in [4.69, 9.17) is 9.84 Å². The predicted octanol–water partition coefficient (Wildman–Crippen LogP) is 5.09. The zero-order valence-electron chi connectivity index (χ0n) is 24.8. The molecule has 3 heterocycles. The van der Waals surface area contributed by atoms with E-state index in [9.17, 15) is 31.9 Å². The summed E-state index contributed by atoms with van der Waals surface area (Å²) < 4.78 is 62.5. The first kappa shape index (κ1) is 32.7. The zero-order chi connectivity index (χ0) is 33.9. The van der Waals surface area contributed by atoms with Crippen molar-refractivity contribution in [2.75, 3.05) is 6.61 Å². The van der Waals surface area contributed by atoms with Gasteiger partial charge in [-0.2, -0.15) is 23.4 Å². The van der Waals surface area contributed by atoms with E-state index in [1.807, 2.05) is 0 Å². The zero-order valence-corrected chi connectivity index (χ0v) is 24.8. The summed E-state index contributed by atoms with van der Waals surface area (Å²) in [4.78, 5) is 45.3. The molecule has 11 nitrogen and oxygen atoms in total. The molecule has 0 saturated heterocycles. The minimum Gasteiger partial charge on any atom is -0.480 e. The highest BCUT2D eigenvalue weighted by Crippen LogP contribution is 2.37. The fraction of sp³-hybridized carbons (Fsp3) is 0.219. The molecule has 2 aromatic carbocycles. The van der Waals surface area contributed by atoms with Crippen LogP contribution in [0.2, 0.25) is 0 Å². The average molecular weight is 651 g/mol. The van der Waals surface area contributed by atoms with E-state index in [1.54, 1.807) is 6.07 Å². The summed E-state index contributed by atoms with van der Waals surface area (Å²) >= 11 is 0. The molecule has 0 bridgehead atoms. The van der Waals surface area contributed by atoms with E-state index in [0.29, 0.717) is 11.3 Å². The molecule has 2 aliphatic rings. The summed E-state index contributed by atoms with van der Waals surface area (Å²) in [5.41, 5.74) is 0.0328. The van der Waals surface area contributed by atoms with Crippen molar-refractivity contribution < 1.29 is 41.8 Å². The molecular weight excluding hydrogens is 624 g/mol. The van der Waals surface area contributed by atoms with Crippen LogP contribution < -0.4 is 5.32 Å². The van der Waals surface area contributed by atoms with Crippen LogP contribution in [-0.4, -0.2) is 60.3 Å². The monoisotopic (exact) mass is 650 g/mol. The first-order valence-electron chi connectivity index (χ1n) is 14.1. The van der Waals surface area contributed by atoms with Crippen molar-refractivity contribution in [1.82, 2.24) is 30.0 Å². The van der Waals surface area contributed by atoms with Gasteiger partial charge in [-0.25, -0.2) is 19.2 Å². The van der Waals surface area contributed by atoms with Gasteiger partial charge in [0.05, 0.1) is 34.6 Å².